The number of aryl methyl sites for hydroxylation is 1. The van der Waals surface area contributed by atoms with Crippen LogP contribution in [0.4, 0.5) is 9.18 Å². The minimum atomic E-state index is -0.556. The topological polar surface area (TPSA) is 62.1 Å². The Labute approximate surface area is 127 Å². The summed E-state index contributed by atoms with van der Waals surface area (Å²) in [7, 11) is 0. The molecule has 0 heterocycles. The van der Waals surface area contributed by atoms with E-state index in [0.29, 0.717) is 5.56 Å². The smallest absolute Gasteiger partial charge is 0.408 e. The number of benzene rings is 1. The second-order valence-corrected chi connectivity index (χ2v) is 5.82. The number of carbonyl (C=O) groups excluding carboxylic acids is 1. The average molecular weight is 345 g/mol. The largest absolute Gasteiger partial charge is 0.444 e. The van der Waals surface area contributed by atoms with Crippen LogP contribution in [0.2, 0.25) is 0 Å². The number of halogens is 2. The summed E-state index contributed by atoms with van der Waals surface area (Å²) in [4.78, 5) is 10.7. The van der Waals surface area contributed by atoms with Gasteiger partial charge in [-0.25, -0.2) is 9.18 Å². The molecule has 0 aromatic heterocycles. The fourth-order valence-corrected chi connectivity index (χ4v) is 1.33. The number of alkyl carbamates (subject to hydrolysis) is 1. The van der Waals surface area contributed by atoms with Crippen LogP contribution in [0.1, 0.15) is 26.3 Å². The second-order valence-electron chi connectivity index (χ2n) is 4.91. The van der Waals surface area contributed by atoms with Crippen molar-refractivity contribution in [1.82, 2.24) is 5.32 Å². The van der Waals surface area contributed by atoms with Crippen LogP contribution in [-0.2, 0) is 4.74 Å². The van der Waals surface area contributed by atoms with Crippen molar-refractivity contribution in [3.8, 4) is 6.07 Å². The average Bonchev–Trinajstić information content (AvgIpc) is 2.30. The quantitative estimate of drug-likeness (QED) is 0.785. The molecule has 0 aliphatic carbocycles. The van der Waals surface area contributed by atoms with E-state index in [1.54, 1.807) is 39.8 Å². The van der Waals surface area contributed by atoms with Gasteiger partial charge in [0.2, 0.25) is 0 Å². The van der Waals surface area contributed by atoms with Crippen LogP contribution in [0.3, 0.4) is 0 Å². The fraction of sp³-hybridized carbons (Fsp3) is 0.429. The van der Waals surface area contributed by atoms with E-state index >= 15 is 0 Å². The van der Waals surface area contributed by atoms with E-state index in [4.69, 9.17) is 10.00 Å². The summed E-state index contributed by atoms with van der Waals surface area (Å²) < 4.78 is 18.2. The molecule has 0 radical (unpaired) electrons. The van der Waals surface area contributed by atoms with E-state index in [2.05, 4.69) is 21.2 Å². The molecule has 0 saturated carbocycles. The molecule has 0 saturated heterocycles. The molecule has 6 heteroatoms. The van der Waals surface area contributed by atoms with Crippen LogP contribution in [0.25, 0.3) is 0 Å². The lowest BCUT2D eigenvalue weighted by Crippen LogP contribution is -2.32. The van der Waals surface area contributed by atoms with Gasteiger partial charge in [0, 0.05) is 4.47 Å². The lowest BCUT2D eigenvalue weighted by atomic mass is 10.2. The van der Waals surface area contributed by atoms with E-state index < -0.39 is 11.7 Å². The monoisotopic (exact) mass is 344 g/mol. The molecule has 0 atom stereocenters. The Morgan fingerprint density at radius 2 is 2.10 bits per heavy atom. The zero-order chi connectivity index (χ0) is 15.8. The molecule has 0 spiro atoms. The maximum absolute atomic E-state index is 12.5. The van der Waals surface area contributed by atoms with Crippen molar-refractivity contribution >= 4 is 22.0 Å². The lowest BCUT2D eigenvalue weighted by Gasteiger charge is -2.18. The summed E-state index contributed by atoms with van der Waals surface area (Å²) in [5, 5.41) is 10.4. The Kier molecular flexibility index (Phi) is 7.85. The minimum Gasteiger partial charge on any atom is -0.444 e. The van der Waals surface area contributed by atoms with E-state index in [9.17, 15) is 9.18 Å². The minimum absolute atomic E-state index is 0.0189. The van der Waals surface area contributed by atoms with Crippen LogP contribution >= 0.6 is 15.9 Å². The molecule has 1 N–H and O–H groups in total. The third kappa shape index (κ3) is 9.34. The molecule has 110 valence electrons. The molecule has 1 amide bonds. The van der Waals surface area contributed by atoms with Gasteiger partial charge in [0.25, 0.3) is 0 Å². The summed E-state index contributed by atoms with van der Waals surface area (Å²) >= 11 is 3.16. The Morgan fingerprint density at radius 1 is 1.50 bits per heavy atom. The maximum Gasteiger partial charge on any atom is 0.408 e. The summed E-state index contributed by atoms with van der Waals surface area (Å²) in [5.41, 5.74) is 0.178. The van der Waals surface area contributed by atoms with Gasteiger partial charge >= 0.3 is 6.09 Å². The number of amides is 1. The third-order valence-electron chi connectivity index (χ3n) is 1.84. The second kappa shape index (κ2) is 8.54. The van der Waals surface area contributed by atoms with Gasteiger partial charge in [-0.2, -0.15) is 5.26 Å². The highest BCUT2D eigenvalue weighted by Gasteiger charge is 2.14. The van der Waals surface area contributed by atoms with Gasteiger partial charge < -0.3 is 10.1 Å². The maximum atomic E-state index is 12.5. The normalized spacial score (nSPS) is 9.85. The van der Waals surface area contributed by atoms with Gasteiger partial charge in [-0.05, 0) is 45.4 Å². The highest BCUT2D eigenvalue weighted by Crippen LogP contribution is 2.13. The first kappa shape index (κ1) is 18.4. The van der Waals surface area contributed by atoms with Crippen molar-refractivity contribution in [2.24, 2.45) is 0 Å². The van der Waals surface area contributed by atoms with Crippen molar-refractivity contribution in [3.63, 3.8) is 0 Å². The SMILES string of the molecule is CC(C)(C)OC(=O)NCC#N.Cc1ccc(Br)cc1F. The van der Waals surface area contributed by atoms with Crippen LogP contribution in [0.15, 0.2) is 22.7 Å². The number of nitrogens with zero attached hydrogens (tertiary/aromatic N) is 1. The van der Waals surface area contributed by atoms with Gasteiger partial charge in [-0.15, -0.1) is 0 Å². The van der Waals surface area contributed by atoms with Crippen molar-refractivity contribution in [1.29, 1.82) is 5.26 Å². The lowest BCUT2D eigenvalue weighted by molar-refractivity contribution is 0.0535. The first-order valence-corrected chi connectivity index (χ1v) is 6.70. The summed E-state index contributed by atoms with van der Waals surface area (Å²) in [6.45, 7) is 7.01. The summed E-state index contributed by atoms with van der Waals surface area (Å²) in [5.74, 6) is -0.163. The summed E-state index contributed by atoms with van der Waals surface area (Å²) in [6, 6.07) is 6.78. The summed E-state index contributed by atoms with van der Waals surface area (Å²) in [6.07, 6.45) is -0.556. The molecule has 0 unspecified atom stereocenters. The molecule has 0 aliphatic rings. The fourth-order valence-electron chi connectivity index (χ4n) is 0.993. The molecule has 1 aromatic rings. The molecule has 20 heavy (non-hydrogen) atoms. The number of nitrogens with one attached hydrogen (secondary N) is 1. The Hall–Kier alpha value is -1.61. The van der Waals surface area contributed by atoms with Crippen LogP contribution in [0.5, 0.6) is 0 Å². The molecule has 1 rings (SSSR count). The molecule has 0 aliphatic heterocycles. The molecular formula is C14H18BrFN2O2. The molecule has 1 aromatic carbocycles. The molecule has 4 nitrogen and oxygen atoms in total. The Balaban J connectivity index is 0.000000367. The van der Waals surface area contributed by atoms with E-state index in [-0.39, 0.29) is 12.4 Å². The van der Waals surface area contributed by atoms with Crippen LogP contribution in [0, 0.1) is 24.1 Å². The van der Waals surface area contributed by atoms with Gasteiger partial charge in [0.1, 0.15) is 18.0 Å². The zero-order valence-corrected chi connectivity index (χ0v) is 13.5. The van der Waals surface area contributed by atoms with E-state index in [0.717, 1.165) is 4.47 Å². The van der Waals surface area contributed by atoms with Gasteiger partial charge in [0.15, 0.2) is 0 Å². The number of hydrogen-bond acceptors (Lipinski definition) is 3. The predicted octanol–water partition coefficient (Wildman–Crippen LogP) is 3.93. The molecular weight excluding hydrogens is 327 g/mol. The van der Waals surface area contributed by atoms with Gasteiger partial charge in [-0.1, -0.05) is 22.0 Å². The Bertz CT molecular complexity index is 493. The number of hydrogen-bond donors (Lipinski definition) is 1. The van der Waals surface area contributed by atoms with Crippen LogP contribution in [-0.4, -0.2) is 18.2 Å². The van der Waals surface area contributed by atoms with E-state index in [1.807, 2.05) is 6.07 Å². The Morgan fingerprint density at radius 3 is 2.50 bits per heavy atom. The highest BCUT2D eigenvalue weighted by molar-refractivity contribution is 9.10. The highest BCUT2D eigenvalue weighted by atomic mass is 79.9. The number of ether oxygens (including phenoxy) is 1. The predicted molar refractivity (Wildman–Crippen MR) is 78.7 cm³/mol. The standard InChI is InChI=1S/C7H6BrF.C7H12N2O2/c1-5-2-3-6(8)4-7(5)9;1-7(2,3)11-6(10)9-5-4-8/h2-4H,1H3;5H2,1-3H3,(H,9,10). The van der Waals surface area contributed by atoms with Crippen molar-refractivity contribution in [2.75, 3.05) is 6.54 Å². The molecule has 0 bridgehead atoms. The van der Waals surface area contributed by atoms with Gasteiger partial charge in [-0.3, -0.25) is 0 Å². The number of carbonyl (C=O) groups is 1. The van der Waals surface area contributed by atoms with Crippen molar-refractivity contribution < 1.29 is 13.9 Å². The number of rotatable bonds is 1. The van der Waals surface area contributed by atoms with Crippen molar-refractivity contribution in [2.45, 2.75) is 33.3 Å². The molecule has 0 fully saturated rings. The number of nitriles is 1. The van der Waals surface area contributed by atoms with Crippen molar-refractivity contribution in [3.05, 3.63) is 34.1 Å². The first-order valence-electron chi connectivity index (χ1n) is 5.91. The third-order valence-corrected chi connectivity index (χ3v) is 2.34. The van der Waals surface area contributed by atoms with Gasteiger partial charge in [0.05, 0.1) is 6.07 Å². The van der Waals surface area contributed by atoms with Crippen LogP contribution < -0.4 is 5.32 Å². The van der Waals surface area contributed by atoms with E-state index in [1.165, 1.54) is 6.07 Å². The zero-order valence-electron chi connectivity index (χ0n) is 12.0. The first-order chi connectivity index (χ1) is 9.15.